The number of amides is 2. The Balaban J connectivity index is 1.80. The van der Waals surface area contributed by atoms with Crippen LogP contribution in [-0.4, -0.2) is 62.7 Å². The minimum absolute atomic E-state index is 0.000527. The number of rotatable bonds is 11. The molecule has 4 atom stereocenters. The Kier molecular flexibility index (Phi) is 11.1. The number of isocyanates is 2. The molecule has 0 spiro atoms. The van der Waals surface area contributed by atoms with Gasteiger partial charge in [-0.15, -0.1) is 0 Å². The zero-order valence-corrected chi connectivity index (χ0v) is 25.8. The maximum atomic E-state index is 12.6. The third-order valence-corrected chi connectivity index (χ3v) is 8.41. The molecule has 10 heteroatoms. The van der Waals surface area contributed by atoms with Crippen molar-refractivity contribution in [3.05, 3.63) is 0 Å². The van der Waals surface area contributed by atoms with E-state index in [9.17, 15) is 19.2 Å². The molecule has 0 aromatic carbocycles. The van der Waals surface area contributed by atoms with E-state index in [0.717, 1.165) is 38.5 Å². The van der Waals surface area contributed by atoms with Crippen LogP contribution in [-0.2, 0) is 19.1 Å². The largest absolute Gasteiger partial charge is 0.449 e. The average Bonchev–Trinajstić information content (AvgIpc) is 2.82. The van der Waals surface area contributed by atoms with Crippen molar-refractivity contribution in [1.82, 2.24) is 10.6 Å². The molecule has 2 saturated carbocycles. The predicted octanol–water partition coefficient (Wildman–Crippen LogP) is 5.70. The molecule has 2 rings (SSSR count). The topological polar surface area (TPSA) is 136 Å². The summed E-state index contributed by atoms with van der Waals surface area (Å²) in [4.78, 5) is 54.7. The van der Waals surface area contributed by atoms with Crippen LogP contribution >= 0.6 is 0 Å². The van der Waals surface area contributed by atoms with Gasteiger partial charge in [-0.05, 0) is 66.6 Å². The lowest BCUT2D eigenvalue weighted by atomic mass is 9.61. The quantitative estimate of drug-likeness (QED) is 0.245. The monoisotopic (exact) mass is 562 g/mol. The second-order valence-electron chi connectivity index (χ2n) is 14.9. The fraction of sp³-hybridized carbons (Fsp3) is 0.867. The van der Waals surface area contributed by atoms with E-state index in [0.29, 0.717) is 19.5 Å². The molecule has 2 aliphatic rings. The molecule has 40 heavy (non-hydrogen) atoms. The fourth-order valence-corrected chi connectivity index (χ4v) is 7.15. The number of hydrogen-bond acceptors (Lipinski definition) is 8. The van der Waals surface area contributed by atoms with Gasteiger partial charge in [0.15, 0.2) is 0 Å². The summed E-state index contributed by atoms with van der Waals surface area (Å²) in [6.45, 7) is 17.5. The van der Waals surface area contributed by atoms with E-state index in [-0.39, 0.29) is 47.0 Å². The lowest BCUT2D eigenvalue weighted by Crippen LogP contribution is -2.46. The van der Waals surface area contributed by atoms with Crippen molar-refractivity contribution in [3.63, 3.8) is 0 Å². The van der Waals surface area contributed by atoms with Gasteiger partial charge in [-0.1, -0.05) is 55.4 Å². The standard InChI is InChI=1S/C30H50N4O6/c1-9-30(13-23(34-21-36)11-27(4,5)15-30)17-32-25(38)40-19-28(6,7)18-39-24(37)31-16-29(8)12-22(33-20-35)10-26(2,3)14-29/h22-23H,9-19H2,1-8H3,(H,31,37)(H,32,38). The van der Waals surface area contributed by atoms with Crippen molar-refractivity contribution in [1.29, 1.82) is 0 Å². The third-order valence-electron chi connectivity index (χ3n) is 8.41. The summed E-state index contributed by atoms with van der Waals surface area (Å²) in [5.41, 5.74) is -0.981. The number of carbonyl (C=O) groups excluding carboxylic acids is 4. The van der Waals surface area contributed by atoms with Crippen molar-refractivity contribution < 1.29 is 28.7 Å². The summed E-state index contributed by atoms with van der Waals surface area (Å²) in [5.74, 6) is 0. The highest BCUT2D eigenvalue weighted by atomic mass is 16.6. The Morgan fingerprint density at radius 3 is 1.77 bits per heavy atom. The molecule has 0 heterocycles. The molecule has 226 valence electrons. The Morgan fingerprint density at radius 2 is 1.27 bits per heavy atom. The number of alkyl carbamates (subject to hydrolysis) is 2. The van der Waals surface area contributed by atoms with Gasteiger partial charge in [0, 0.05) is 18.5 Å². The van der Waals surface area contributed by atoms with Crippen molar-refractivity contribution in [2.75, 3.05) is 26.3 Å². The van der Waals surface area contributed by atoms with Crippen LogP contribution in [0.15, 0.2) is 9.98 Å². The van der Waals surface area contributed by atoms with Crippen molar-refractivity contribution >= 4 is 24.3 Å². The first-order valence-corrected chi connectivity index (χ1v) is 14.4. The summed E-state index contributed by atoms with van der Waals surface area (Å²) in [6.07, 6.45) is 8.03. The normalized spacial score (nSPS) is 29.2. The first-order chi connectivity index (χ1) is 18.5. The summed E-state index contributed by atoms with van der Waals surface area (Å²) >= 11 is 0. The van der Waals surface area contributed by atoms with Crippen LogP contribution < -0.4 is 10.6 Å². The third kappa shape index (κ3) is 10.7. The number of hydrogen-bond donors (Lipinski definition) is 2. The molecule has 0 aliphatic heterocycles. The van der Waals surface area contributed by atoms with Gasteiger partial charge in [-0.25, -0.2) is 29.2 Å². The lowest BCUT2D eigenvalue weighted by molar-refractivity contribution is 0.0358. The van der Waals surface area contributed by atoms with Crippen LogP contribution in [0.5, 0.6) is 0 Å². The smallest absolute Gasteiger partial charge is 0.407 e. The van der Waals surface area contributed by atoms with E-state index < -0.39 is 17.6 Å². The Bertz CT molecular complexity index is 998. The molecule has 0 bridgehead atoms. The number of ether oxygens (including phenoxy) is 2. The molecular formula is C30H50N4O6. The summed E-state index contributed by atoms with van der Waals surface area (Å²) in [7, 11) is 0. The van der Waals surface area contributed by atoms with Crippen molar-refractivity contribution in [3.8, 4) is 0 Å². The molecule has 0 saturated heterocycles. The number of carbonyl (C=O) groups is 2. The highest BCUT2D eigenvalue weighted by Gasteiger charge is 2.44. The lowest BCUT2D eigenvalue weighted by Gasteiger charge is -2.46. The molecule has 2 amide bonds. The summed E-state index contributed by atoms with van der Waals surface area (Å²) < 4.78 is 10.9. The van der Waals surface area contributed by atoms with E-state index in [4.69, 9.17) is 9.47 Å². The van der Waals surface area contributed by atoms with Crippen LogP contribution in [0.3, 0.4) is 0 Å². The van der Waals surface area contributed by atoms with E-state index >= 15 is 0 Å². The van der Waals surface area contributed by atoms with Gasteiger partial charge < -0.3 is 20.1 Å². The molecule has 0 radical (unpaired) electrons. The second-order valence-corrected chi connectivity index (χ2v) is 14.9. The van der Waals surface area contributed by atoms with Crippen LogP contribution in [0.25, 0.3) is 0 Å². The SMILES string of the molecule is CCC1(CNC(=O)OCC(C)(C)COC(=O)NCC2(C)CC(N=C=O)CC(C)(C)C2)CC(N=C=O)CC(C)(C)C1. The molecule has 2 aliphatic carbocycles. The van der Waals surface area contributed by atoms with Gasteiger partial charge in [0.2, 0.25) is 12.2 Å². The summed E-state index contributed by atoms with van der Waals surface area (Å²) in [6, 6.07) is -0.200. The van der Waals surface area contributed by atoms with Gasteiger partial charge in [0.1, 0.15) is 13.2 Å². The molecule has 10 nitrogen and oxygen atoms in total. The fourth-order valence-electron chi connectivity index (χ4n) is 7.15. The molecule has 2 N–H and O–H groups in total. The van der Waals surface area contributed by atoms with Gasteiger partial charge in [-0.3, -0.25) is 0 Å². The minimum atomic E-state index is -0.589. The average molecular weight is 563 g/mol. The zero-order chi connectivity index (χ0) is 30.2. The number of aliphatic imine (C=N–C) groups is 2. The van der Waals surface area contributed by atoms with Gasteiger partial charge >= 0.3 is 12.2 Å². The van der Waals surface area contributed by atoms with Gasteiger partial charge in [-0.2, -0.15) is 0 Å². The van der Waals surface area contributed by atoms with Crippen molar-refractivity contribution in [2.24, 2.45) is 37.1 Å². The van der Waals surface area contributed by atoms with Crippen molar-refractivity contribution in [2.45, 2.75) is 112 Å². The Labute approximate surface area is 239 Å². The number of nitrogens with zero attached hydrogens (tertiary/aromatic N) is 2. The van der Waals surface area contributed by atoms with E-state index in [1.807, 2.05) is 13.8 Å². The molecular weight excluding hydrogens is 512 g/mol. The first-order valence-electron chi connectivity index (χ1n) is 14.4. The van der Waals surface area contributed by atoms with E-state index in [1.165, 1.54) is 0 Å². The molecule has 2 fully saturated rings. The second kappa shape index (κ2) is 13.3. The molecule has 4 unspecified atom stereocenters. The summed E-state index contributed by atoms with van der Waals surface area (Å²) in [5, 5.41) is 5.77. The first kappa shape index (κ1) is 33.5. The van der Waals surface area contributed by atoms with Gasteiger partial charge in [0.25, 0.3) is 0 Å². The Hall–Kier alpha value is -2.70. The predicted molar refractivity (Wildman–Crippen MR) is 152 cm³/mol. The zero-order valence-electron chi connectivity index (χ0n) is 25.8. The molecule has 0 aromatic heterocycles. The van der Waals surface area contributed by atoms with E-state index in [2.05, 4.69) is 62.2 Å². The van der Waals surface area contributed by atoms with Gasteiger partial charge in [0.05, 0.1) is 12.1 Å². The number of nitrogens with one attached hydrogen (secondary N) is 2. The molecule has 0 aromatic rings. The highest BCUT2D eigenvalue weighted by Crippen LogP contribution is 2.49. The van der Waals surface area contributed by atoms with Crippen LogP contribution in [0.2, 0.25) is 0 Å². The van der Waals surface area contributed by atoms with E-state index in [1.54, 1.807) is 12.2 Å². The van der Waals surface area contributed by atoms with Crippen LogP contribution in [0.1, 0.15) is 100 Å². The Morgan fingerprint density at radius 1 is 0.800 bits per heavy atom. The minimum Gasteiger partial charge on any atom is -0.449 e. The highest BCUT2D eigenvalue weighted by molar-refractivity contribution is 5.67. The maximum absolute atomic E-state index is 12.6. The maximum Gasteiger partial charge on any atom is 0.407 e. The van der Waals surface area contributed by atoms with Crippen LogP contribution in [0, 0.1) is 27.1 Å². The van der Waals surface area contributed by atoms with Crippen LogP contribution in [0.4, 0.5) is 9.59 Å².